The van der Waals surface area contributed by atoms with Gasteiger partial charge in [-0.2, -0.15) is 0 Å². The van der Waals surface area contributed by atoms with E-state index in [9.17, 15) is 13.5 Å². The van der Waals surface area contributed by atoms with Crippen LogP contribution >= 0.6 is 0 Å². The number of aliphatic hydroxyl groups is 1. The minimum atomic E-state index is -2.83. The van der Waals surface area contributed by atoms with E-state index >= 15 is 0 Å². The van der Waals surface area contributed by atoms with Crippen molar-refractivity contribution >= 4 is 9.84 Å². The SMILES string of the molecule is CN(C1CCC(N)(CO)C1)C1CCS(=O)(=O)C1. The lowest BCUT2D eigenvalue weighted by Crippen LogP contribution is -2.45. The van der Waals surface area contributed by atoms with Crippen molar-refractivity contribution in [2.45, 2.75) is 43.3 Å². The summed E-state index contributed by atoms with van der Waals surface area (Å²) in [6.45, 7) is 0.0142. The quantitative estimate of drug-likeness (QED) is 0.706. The van der Waals surface area contributed by atoms with Gasteiger partial charge < -0.3 is 10.8 Å². The van der Waals surface area contributed by atoms with E-state index in [-0.39, 0.29) is 18.4 Å². The second-order valence-corrected chi connectivity index (χ2v) is 7.87. The average molecular weight is 262 g/mol. The Hall–Kier alpha value is -0.170. The van der Waals surface area contributed by atoms with Crippen LogP contribution in [0, 0.1) is 0 Å². The Morgan fingerprint density at radius 1 is 1.41 bits per heavy atom. The molecule has 0 aromatic rings. The zero-order chi connectivity index (χ0) is 12.7. The molecular weight excluding hydrogens is 240 g/mol. The first kappa shape index (κ1) is 13.3. The third-order valence-corrected chi connectivity index (χ3v) is 6.04. The highest BCUT2D eigenvalue weighted by Crippen LogP contribution is 2.32. The molecule has 1 heterocycles. The number of aliphatic hydroxyl groups excluding tert-OH is 1. The third-order valence-electron chi connectivity index (χ3n) is 4.29. The maximum Gasteiger partial charge on any atom is 0.151 e. The molecule has 0 amide bonds. The van der Waals surface area contributed by atoms with Gasteiger partial charge in [-0.3, -0.25) is 4.90 Å². The van der Waals surface area contributed by atoms with Crippen molar-refractivity contribution in [1.29, 1.82) is 0 Å². The van der Waals surface area contributed by atoms with Gasteiger partial charge in [-0.15, -0.1) is 0 Å². The smallest absolute Gasteiger partial charge is 0.151 e. The van der Waals surface area contributed by atoms with Gasteiger partial charge in [-0.25, -0.2) is 8.42 Å². The molecule has 0 spiro atoms. The van der Waals surface area contributed by atoms with Gasteiger partial charge in [0.15, 0.2) is 9.84 Å². The molecule has 0 radical (unpaired) electrons. The molecule has 100 valence electrons. The summed E-state index contributed by atoms with van der Waals surface area (Å²) in [6.07, 6.45) is 3.25. The van der Waals surface area contributed by atoms with Crippen LogP contribution in [0.25, 0.3) is 0 Å². The van der Waals surface area contributed by atoms with Gasteiger partial charge in [0.2, 0.25) is 0 Å². The molecule has 3 N–H and O–H groups in total. The Morgan fingerprint density at radius 3 is 2.59 bits per heavy atom. The zero-order valence-electron chi connectivity index (χ0n) is 10.3. The molecule has 0 aromatic heterocycles. The summed E-state index contributed by atoms with van der Waals surface area (Å²) in [4.78, 5) is 2.16. The summed E-state index contributed by atoms with van der Waals surface area (Å²) >= 11 is 0. The van der Waals surface area contributed by atoms with Gasteiger partial charge in [-0.05, 0) is 32.7 Å². The maximum absolute atomic E-state index is 11.5. The van der Waals surface area contributed by atoms with E-state index < -0.39 is 15.4 Å². The zero-order valence-corrected chi connectivity index (χ0v) is 11.1. The Morgan fingerprint density at radius 2 is 2.12 bits per heavy atom. The van der Waals surface area contributed by atoms with Crippen molar-refractivity contribution in [1.82, 2.24) is 4.90 Å². The molecule has 3 unspecified atom stereocenters. The minimum Gasteiger partial charge on any atom is -0.394 e. The van der Waals surface area contributed by atoms with E-state index in [1.165, 1.54) is 0 Å². The fourth-order valence-electron chi connectivity index (χ4n) is 3.01. The second-order valence-electron chi connectivity index (χ2n) is 5.64. The van der Waals surface area contributed by atoms with Crippen molar-refractivity contribution in [3.8, 4) is 0 Å². The largest absolute Gasteiger partial charge is 0.394 e. The lowest BCUT2D eigenvalue weighted by atomic mass is 10.00. The lowest BCUT2D eigenvalue weighted by Gasteiger charge is -2.31. The van der Waals surface area contributed by atoms with Crippen LogP contribution < -0.4 is 5.73 Å². The Balaban J connectivity index is 1.96. The van der Waals surface area contributed by atoms with Gasteiger partial charge in [0.05, 0.1) is 18.1 Å². The standard InChI is InChI=1S/C11H22N2O3S/c1-13(10-3-5-17(15,16)7-10)9-2-4-11(12,6-9)8-14/h9-10,14H,2-8,12H2,1H3. The molecule has 3 atom stereocenters. The number of rotatable bonds is 3. The number of nitrogens with zero attached hydrogens (tertiary/aromatic N) is 1. The van der Waals surface area contributed by atoms with Crippen molar-refractivity contribution < 1.29 is 13.5 Å². The number of hydrogen-bond donors (Lipinski definition) is 2. The van der Waals surface area contributed by atoms with Crippen LogP contribution in [-0.4, -0.2) is 61.2 Å². The van der Waals surface area contributed by atoms with Crippen LogP contribution in [-0.2, 0) is 9.84 Å². The molecule has 0 aromatic carbocycles. The fraction of sp³-hybridized carbons (Fsp3) is 1.00. The summed E-state index contributed by atoms with van der Waals surface area (Å²) in [5, 5.41) is 9.23. The highest BCUT2D eigenvalue weighted by Gasteiger charge is 2.40. The molecule has 1 aliphatic heterocycles. The third kappa shape index (κ3) is 2.81. The molecule has 2 rings (SSSR count). The van der Waals surface area contributed by atoms with Crippen LogP contribution in [0.5, 0.6) is 0 Å². The molecule has 0 bridgehead atoms. The molecule has 1 saturated carbocycles. The second kappa shape index (κ2) is 4.50. The number of sulfone groups is 1. The first-order chi connectivity index (χ1) is 7.85. The predicted octanol–water partition coefficient (Wildman–Crippen LogP) is -0.652. The average Bonchev–Trinajstić information content (AvgIpc) is 2.82. The number of hydrogen-bond acceptors (Lipinski definition) is 5. The topological polar surface area (TPSA) is 83.6 Å². The maximum atomic E-state index is 11.5. The summed E-state index contributed by atoms with van der Waals surface area (Å²) in [7, 11) is -0.841. The van der Waals surface area contributed by atoms with Gasteiger partial charge in [-0.1, -0.05) is 0 Å². The van der Waals surface area contributed by atoms with Gasteiger partial charge in [0, 0.05) is 17.6 Å². The van der Waals surface area contributed by atoms with Crippen molar-refractivity contribution in [2.75, 3.05) is 25.2 Å². The molecule has 6 heteroatoms. The van der Waals surface area contributed by atoms with Crippen LogP contribution in [0.1, 0.15) is 25.7 Å². The van der Waals surface area contributed by atoms with Crippen molar-refractivity contribution in [2.24, 2.45) is 5.73 Å². The van der Waals surface area contributed by atoms with E-state index in [2.05, 4.69) is 4.90 Å². The Kier molecular flexibility index (Phi) is 3.51. The monoisotopic (exact) mass is 262 g/mol. The highest BCUT2D eigenvalue weighted by molar-refractivity contribution is 7.91. The Labute approximate surface area is 103 Å². The molecule has 2 aliphatic rings. The van der Waals surface area contributed by atoms with Crippen LogP contribution in [0.2, 0.25) is 0 Å². The Bertz CT molecular complexity index is 384. The number of nitrogens with two attached hydrogens (primary N) is 1. The molecule has 2 fully saturated rings. The first-order valence-electron chi connectivity index (χ1n) is 6.17. The molecular formula is C11H22N2O3S. The first-order valence-corrected chi connectivity index (χ1v) is 7.99. The van der Waals surface area contributed by atoms with Crippen molar-refractivity contribution in [3.05, 3.63) is 0 Å². The summed E-state index contributed by atoms with van der Waals surface area (Å²) in [5.74, 6) is 0.583. The molecule has 1 saturated heterocycles. The lowest BCUT2D eigenvalue weighted by molar-refractivity contribution is 0.161. The van der Waals surface area contributed by atoms with Gasteiger partial charge in [0.1, 0.15) is 0 Å². The fourth-order valence-corrected chi connectivity index (χ4v) is 4.80. The highest BCUT2D eigenvalue weighted by atomic mass is 32.2. The van der Waals surface area contributed by atoms with E-state index in [1.54, 1.807) is 0 Å². The van der Waals surface area contributed by atoms with Crippen LogP contribution in [0.4, 0.5) is 0 Å². The molecule has 5 nitrogen and oxygen atoms in total. The van der Waals surface area contributed by atoms with E-state index in [0.717, 1.165) is 25.7 Å². The molecule has 17 heavy (non-hydrogen) atoms. The van der Waals surface area contributed by atoms with Crippen molar-refractivity contribution in [3.63, 3.8) is 0 Å². The van der Waals surface area contributed by atoms with E-state index in [4.69, 9.17) is 5.73 Å². The van der Waals surface area contributed by atoms with E-state index in [0.29, 0.717) is 11.8 Å². The normalized spacial score (nSPS) is 41.2. The summed E-state index contributed by atoms with van der Waals surface area (Å²) in [6, 6.07) is 0.441. The molecule has 1 aliphatic carbocycles. The van der Waals surface area contributed by atoms with Gasteiger partial charge in [0.25, 0.3) is 0 Å². The minimum absolute atomic E-state index is 0.0142. The summed E-state index contributed by atoms with van der Waals surface area (Å²) < 4.78 is 22.9. The summed E-state index contributed by atoms with van der Waals surface area (Å²) in [5.41, 5.74) is 5.58. The predicted molar refractivity (Wildman–Crippen MR) is 66.5 cm³/mol. The van der Waals surface area contributed by atoms with Crippen LogP contribution in [0.15, 0.2) is 0 Å². The van der Waals surface area contributed by atoms with Gasteiger partial charge >= 0.3 is 0 Å². The van der Waals surface area contributed by atoms with Crippen LogP contribution in [0.3, 0.4) is 0 Å². The van der Waals surface area contributed by atoms with E-state index in [1.807, 2.05) is 7.05 Å².